The maximum atomic E-state index is 10.8. The van der Waals surface area contributed by atoms with Crippen molar-refractivity contribution in [1.82, 2.24) is 5.32 Å². The molecule has 0 unspecified atom stereocenters. The molecule has 0 aliphatic heterocycles. The highest BCUT2D eigenvalue weighted by Gasteiger charge is 1.97. The molecule has 2 N–H and O–H groups in total. The molecule has 3 nitrogen and oxygen atoms in total. The smallest absolute Gasteiger partial charge is 0.229 e. The minimum absolute atomic E-state index is 0.0629. The van der Waals surface area contributed by atoms with Crippen LogP contribution in [-0.2, 0) is 11.2 Å². The molecule has 0 radical (unpaired) electrons. The van der Waals surface area contributed by atoms with Crippen LogP contribution < -0.4 is 5.32 Å². The predicted octanol–water partition coefficient (Wildman–Crippen LogP) is 0.981. The molecule has 1 aromatic rings. The number of hydrogen-bond donors (Lipinski definition) is 3. The summed E-state index contributed by atoms with van der Waals surface area (Å²) in [4.78, 5) is 10.8. The highest BCUT2D eigenvalue weighted by molar-refractivity contribution is 7.81. The lowest BCUT2D eigenvalue weighted by Crippen LogP contribution is -2.26. The Morgan fingerprint density at radius 3 is 2.57 bits per heavy atom. The highest BCUT2D eigenvalue weighted by Crippen LogP contribution is 2.09. The summed E-state index contributed by atoms with van der Waals surface area (Å²) < 4.78 is 0. The molecule has 0 saturated carbocycles. The number of carbonyl (C=O) groups excluding carboxylic acids is 1. The van der Waals surface area contributed by atoms with Gasteiger partial charge in [0.15, 0.2) is 0 Å². The van der Waals surface area contributed by atoms with E-state index in [1.165, 1.54) is 0 Å². The van der Waals surface area contributed by atoms with Crippen LogP contribution in [0.15, 0.2) is 24.3 Å². The van der Waals surface area contributed by atoms with E-state index >= 15 is 0 Å². The van der Waals surface area contributed by atoms with Gasteiger partial charge in [0.25, 0.3) is 0 Å². The number of phenols is 1. The quantitative estimate of drug-likeness (QED) is 0.650. The maximum Gasteiger partial charge on any atom is 0.229 e. The van der Waals surface area contributed by atoms with Crippen molar-refractivity contribution in [2.45, 2.75) is 6.42 Å². The van der Waals surface area contributed by atoms with Gasteiger partial charge < -0.3 is 10.4 Å². The Labute approximate surface area is 88.6 Å². The van der Waals surface area contributed by atoms with Gasteiger partial charge in [-0.2, -0.15) is 12.6 Å². The molecule has 1 rings (SSSR count). The molecule has 4 heteroatoms. The number of amides is 1. The van der Waals surface area contributed by atoms with Gasteiger partial charge in [-0.25, -0.2) is 0 Å². The second kappa shape index (κ2) is 5.54. The zero-order valence-corrected chi connectivity index (χ0v) is 8.63. The monoisotopic (exact) mass is 211 g/mol. The third-order valence-corrected chi connectivity index (χ3v) is 2.10. The minimum Gasteiger partial charge on any atom is -0.508 e. The molecular formula is C10H13NO2S. The first-order chi connectivity index (χ1) is 6.72. The Morgan fingerprint density at radius 1 is 1.36 bits per heavy atom. The number of carbonyl (C=O) groups is 1. The van der Waals surface area contributed by atoms with Gasteiger partial charge in [-0.1, -0.05) is 12.1 Å². The van der Waals surface area contributed by atoms with Crippen molar-refractivity contribution in [3.05, 3.63) is 29.8 Å². The summed E-state index contributed by atoms with van der Waals surface area (Å²) in [6.45, 7) is 0.601. The van der Waals surface area contributed by atoms with Crippen LogP contribution in [0.2, 0.25) is 0 Å². The van der Waals surface area contributed by atoms with Gasteiger partial charge in [-0.05, 0) is 24.1 Å². The first-order valence-corrected chi connectivity index (χ1v) is 5.01. The molecule has 1 aromatic carbocycles. The Hall–Kier alpha value is -1.16. The highest BCUT2D eigenvalue weighted by atomic mass is 32.1. The largest absolute Gasteiger partial charge is 0.508 e. The van der Waals surface area contributed by atoms with Crippen molar-refractivity contribution in [3.63, 3.8) is 0 Å². The van der Waals surface area contributed by atoms with Gasteiger partial charge >= 0.3 is 0 Å². The van der Waals surface area contributed by atoms with Crippen LogP contribution in [0.25, 0.3) is 0 Å². The van der Waals surface area contributed by atoms with Crippen LogP contribution in [0.3, 0.4) is 0 Å². The summed E-state index contributed by atoms with van der Waals surface area (Å²) in [7, 11) is 0. The van der Waals surface area contributed by atoms with Gasteiger partial charge in [-0.15, -0.1) is 0 Å². The van der Waals surface area contributed by atoms with E-state index in [-0.39, 0.29) is 17.4 Å². The summed E-state index contributed by atoms with van der Waals surface area (Å²) >= 11 is 3.84. The number of nitrogens with one attached hydrogen (secondary N) is 1. The van der Waals surface area contributed by atoms with Crippen molar-refractivity contribution in [2.24, 2.45) is 0 Å². The molecule has 0 heterocycles. The third kappa shape index (κ3) is 3.70. The second-order valence-electron chi connectivity index (χ2n) is 2.92. The molecule has 76 valence electrons. The molecule has 0 saturated heterocycles. The first-order valence-electron chi connectivity index (χ1n) is 4.38. The van der Waals surface area contributed by atoms with E-state index < -0.39 is 0 Å². The molecule has 0 aliphatic rings. The van der Waals surface area contributed by atoms with Crippen LogP contribution >= 0.6 is 12.6 Å². The van der Waals surface area contributed by atoms with E-state index in [9.17, 15) is 4.79 Å². The Kier molecular flexibility index (Phi) is 4.32. The van der Waals surface area contributed by atoms with Crippen molar-refractivity contribution in [3.8, 4) is 5.75 Å². The minimum atomic E-state index is -0.0629. The van der Waals surface area contributed by atoms with E-state index in [4.69, 9.17) is 5.11 Å². The van der Waals surface area contributed by atoms with E-state index in [1.807, 2.05) is 12.1 Å². The fourth-order valence-electron chi connectivity index (χ4n) is 1.06. The average molecular weight is 211 g/mol. The maximum absolute atomic E-state index is 10.8. The van der Waals surface area contributed by atoms with Gasteiger partial charge in [0.2, 0.25) is 5.91 Å². The summed E-state index contributed by atoms with van der Waals surface area (Å²) in [6.07, 6.45) is 0.764. The molecule has 0 atom stereocenters. The van der Waals surface area contributed by atoms with E-state index in [0.29, 0.717) is 6.54 Å². The molecule has 1 amide bonds. The Morgan fingerprint density at radius 2 is 2.00 bits per heavy atom. The van der Waals surface area contributed by atoms with Gasteiger partial charge in [-0.3, -0.25) is 4.79 Å². The lowest BCUT2D eigenvalue weighted by atomic mass is 10.1. The Bertz CT molecular complexity index is 297. The summed E-state index contributed by atoms with van der Waals surface area (Å²) in [5.41, 5.74) is 1.09. The van der Waals surface area contributed by atoms with Gasteiger partial charge in [0.1, 0.15) is 5.75 Å². The molecule has 0 aromatic heterocycles. The standard InChI is InChI=1S/C10H13NO2S/c12-9-3-1-8(2-4-9)5-6-11-10(13)7-14/h1-4,12,14H,5-7H2,(H,11,13). The molecule has 0 aliphatic carbocycles. The van der Waals surface area contributed by atoms with Crippen LogP contribution in [-0.4, -0.2) is 23.3 Å². The number of aromatic hydroxyl groups is 1. The van der Waals surface area contributed by atoms with Crippen molar-refractivity contribution in [2.75, 3.05) is 12.3 Å². The molecule has 0 fully saturated rings. The van der Waals surface area contributed by atoms with Crippen LogP contribution in [0.1, 0.15) is 5.56 Å². The van der Waals surface area contributed by atoms with E-state index in [1.54, 1.807) is 12.1 Å². The fourth-order valence-corrected chi connectivity index (χ4v) is 1.18. The number of phenolic OH excluding ortho intramolecular Hbond substituents is 1. The lowest BCUT2D eigenvalue weighted by Gasteiger charge is -2.03. The predicted molar refractivity (Wildman–Crippen MR) is 58.7 cm³/mol. The van der Waals surface area contributed by atoms with E-state index in [0.717, 1.165) is 12.0 Å². The molecular weight excluding hydrogens is 198 g/mol. The van der Waals surface area contributed by atoms with Crippen molar-refractivity contribution < 1.29 is 9.90 Å². The van der Waals surface area contributed by atoms with E-state index in [2.05, 4.69) is 17.9 Å². The van der Waals surface area contributed by atoms with Crippen LogP contribution in [0.4, 0.5) is 0 Å². The normalized spacial score (nSPS) is 9.79. The molecule has 14 heavy (non-hydrogen) atoms. The number of rotatable bonds is 4. The van der Waals surface area contributed by atoms with Crippen molar-refractivity contribution >= 4 is 18.5 Å². The zero-order valence-electron chi connectivity index (χ0n) is 7.73. The molecule has 0 bridgehead atoms. The van der Waals surface area contributed by atoms with Crippen molar-refractivity contribution in [1.29, 1.82) is 0 Å². The number of thiol groups is 1. The van der Waals surface area contributed by atoms with Crippen LogP contribution in [0.5, 0.6) is 5.75 Å². The fraction of sp³-hybridized carbons (Fsp3) is 0.300. The van der Waals surface area contributed by atoms with Gasteiger partial charge in [0.05, 0.1) is 5.75 Å². The zero-order chi connectivity index (χ0) is 10.4. The summed E-state index contributed by atoms with van der Waals surface area (Å²) in [6, 6.07) is 6.94. The summed E-state index contributed by atoms with van der Waals surface area (Å²) in [5.74, 6) is 0.413. The average Bonchev–Trinajstić information content (AvgIpc) is 2.21. The number of benzene rings is 1. The third-order valence-electron chi connectivity index (χ3n) is 1.82. The first kappa shape index (κ1) is 10.9. The van der Waals surface area contributed by atoms with Gasteiger partial charge in [0, 0.05) is 6.54 Å². The Balaban J connectivity index is 2.31. The molecule has 0 spiro atoms. The lowest BCUT2D eigenvalue weighted by molar-refractivity contribution is -0.118. The SMILES string of the molecule is O=C(CS)NCCc1ccc(O)cc1. The number of hydrogen-bond acceptors (Lipinski definition) is 3. The summed E-state index contributed by atoms with van der Waals surface area (Å²) in [5, 5.41) is 11.7. The second-order valence-corrected chi connectivity index (χ2v) is 3.24. The van der Waals surface area contributed by atoms with Crippen LogP contribution in [0, 0.1) is 0 Å². The topological polar surface area (TPSA) is 49.3 Å².